The van der Waals surface area contributed by atoms with Crippen LogP contribution in [0.1, 0.15) is 39.3 Å². The molecule has 16 heavy (non-hydrogen) atoms. The molecule has 1 nitrogen and oxygen atoms in total. The minimum Gasteiger partial charge on any atom is -0.253 e. The highest BCUT2D eigenvalue weighted by molar-refractivity contribution is 5.78. The summed E-state index contributed by atoms with van der Waals surface area (Å²) in [5, 5.41) is 1.23. The van der Waals surface area contributed by atoms with Gasteiger partial charge < -0.3 is 0 Å². The van der Waals surface area contributed by atoms with Crippen LogP contribution in [0.25, 0.3) is 10.9 Å². The Hall–Kier alpha value is -1.37. The Balaban J connectivity index is 0.000000606. The number of aryl methyl sites for hydroxylation is 1. The van der Waals surface area contributed by atoms with Crippen molar-refractivity contribution in [3.63, 3.8) is 0 Å². The van der Waals surface area contributed by atoms with Crippen molar-refractivity contribution < 1.29 is 0 Å². The van der Waals surface area contributed by atoms with Crippen molar-refractivity contribution in [2.45, 2.75) is 40.0 Å². The third-order valence-electron chi connectivity index (χ3n) is 2.44. The molecule has 0 saturated heterocycles. The average Bonchev–Trinajstić information content (AvgIpc) is 2.38. The summed E-state index contributed by atoms with van der Waals surface area (Å²) in [6.07, 6.45) is 3.56. The van der Waals surface area contributed by atoms with Crippen molar-refractivity contribution in [2.24, 2.45) is 0 Å². The molecule has 0 aliphatic rings. The van der Waals surface area contributed by atoms with Gasteiger partial charge in [-0.25, -0.2) is 0 Å². The SMILES string of the molecule is CC.CCCCc1ccc2ccccc2n1. The largest absolute Gasteiger partial charge is 0.253 e. The van der Waals surface area contributed by atoms with Crippen molar-refractivity contribution in [3.8, 4) is 0 Å². The van der Waals surface area contributed by atoms with Crippen LogP contribution in [0.2, 0.25) is 0 Å². The van der Waals surface area contributed by atoms with Gasteiger partial charge in [0, 0.05) is 11.1 Å². The van der Waals surface area contributed by atoms with Crippen LogP contribution in [-0.4, -0.2) is 4.98 Å². The summed E-state index contributed by atoms with van der Waals surface area (Å²) in [5.74, 6) is 0. The topological polar surface area (TPSA) is 12.9 Å². The maximum atomic E-state index is 4.61. The van der Waals surface area contributed by atoms with E-state index in [4.69, 9.17) is 0 Å². The third-order valence-corrected chi connectivity index (χ3v) is 2.44. The van der Waals surface area contributed by atoms with E-state index in [-0.39, 0.29) is 0 Å². The minimum atomic E-state index is 1.10. The molecule has 2 rings (SSSR count). The van der Waals surface area contributed by atoms with Gasteiger partial charge in [-0.2, -0.15) is 0 Å². The van der Waals surface area contributed by atoms with Gasteiger partial charge in [-0.05, 0) is 25.0 Å². The maximum absolute atomic E-state index is 4.61. The normalized spacial score (nSPS) is 9.69. The first-order valence-electron chi connectivity index (χ1n) is 6.25. The molecule has 0 aliphatic heterocycles. The van der Waals surface area contributed by atoms with Crippen LogP contribution in [0.3, 0.4) is 0 Å². The van der Waals surface area contributed by atoms with Gasteiger partial charge in [0.25, 0.3) is 0 Å². The molecule has 0 bridgehead atoms. The van der Waals surface area contributed by atoms with Gasteiger partial charge >= 0.3 is 0 Å². The molecule has 0 N–H and O–H groups in total. The van der Waals surface area contributed by atoms with Gasteiger partial charge in [-0.3, -0.25) is 4.98 Å². The lowest BCUT2D eigenvalue weighted by Gasteiger charge is -2.01. The molecular formula is C15H21N. The maximum Gasteiger partial charge on any atom is 0.0705 e. The molecular weight excluding hydrogens is 194 g/mol. The number of fused-ring (bicyclic) bond motifs is 1. The quantitative estimate of drug-likeness (QED) is 0.729. The van der Waals surface area contributed by atoms with E-state index in [0.717, 1.165) is 11.9 Å². The van der Waals surface area contributed by atoms with Crippen molar-refractivity contribution >= 4 is 10.9 Å². The van der Waals surface area contributed by atoms with E-state index in [1.165, 1.54) is 23.9 Å². The predicted octanol–water partition coefficient (Wildman–Crippen LogP) is 4.60. The highest BCUT2D eigenvalue weighted by atomic mass is 14.7. The summed E-state index contributed by atoms with van der Waals surface area (Å²) in [6.45, 7) is 6.21. The van der Waals surface area contributed by atoms with Crippen molar-refractivity contribution in [2.75, 3.05) is 0 Å². The summed E-state index contributed by atoms with van der Waals surface area (Å²) in [4.78, 5) is 4.61. The van der Waals surface area contributed by atoms with Gasteiger partial charge in [-0.15, -0.1) is 0 Å². The lowest BCUT2D eigenvalue weighted by atomic mass is 10.1. The summed E-state index contributed by atoms with van der Waals surface area (Å²) in [6, 6.07) is 12.6. The molecule has 0 amide bonds. The second-order valence-electron chi connectivity index (χ2n) is 3.60. The zero-order chi connectivity index (χ0) is 11.8. The summed E-state index contributed by atoms with van der Waals surface area (Å²) < 4.78 is 0. The number of unbranched alkanes of at least 4 members (excludes halogenated alkanes) is 1. The fourth-order valence-corrected chi connectivity index (χ4v) is 1.61. The van der Waals surface area contributed by atoms with Gasteiger partial charge in [0.05, 0.1) is 5.52 Å². The fraction of sp³-hybridized carbons (Fsp3) is 0.400. The van der Waals surface area contributed by atoms with Gasteiger partial charge in [0.1, 0.15) is 0 Å². The number of rotatable bonds is 3. The molecule has 0 aliphatic carbocycles. The minimum absolute atomic E-state index is 1.10. The third kappa shape index (κ3) is 3.34. The molecule has 86 valence electrons. The zero-order valence-electron chi connectivity index (χ0n) is 10.5. The summed E-state index contributed by atoms with van der Waals surface area (Å²) >= 11 is 0. The number of nitrogens with zero attached hydrogens (tertiary/aromatic N) is 1. The van der Waals surface area contributed by atoms with E-state index in [0.29, 0.717) is 0 Å². The van der Waals surface area contributed by atoms with Crippen LogP contribution in [-0.2, 0) is 6.42 Å². The lowest BCUT2D eigenvalue weighted by Crippen LogP contribution is -1.89. The van der Waals surface area contributed by atoms with Crippen LogP contribution < -0.4 is 0 Å². The molecule has 0 atom stereocenters. The van der Waals surface area contributed by atoms with Crippen LogP contribution in [0.15, 0.2) is 36.4 Å². The standard InChI is InChI=1S/C13H15N.C2H6/c1-2-3-7-12-10-9-11-6-4-5-8-13(11)14-12;1-2/h4-6,8-10H,2-3,7H2,1H3;1-2H3. The highest BCUT2D eigenvalue weighted by Crippen LogP contribution is 2.12. The molecule has 1 heteroatoms. The lowest BCUT2D eigenvalue weighted by molar-refractivity contribution is 0.780. The second kappa shape index (κ2) is 7.00. The Bertz CT molecular complexity index is 420. The average molecular weight is 215 g/mol. The first-order chi connectivity index (χ1) is 7.90. The molecule has 0 saturated carbocycles. The van der Waals surface area contributed by atoms with E-state index in [2.05, 4.69) is 42.2 Å². The van der Waals surface area contributed by atoms with Crippen LogP contribution in [0.5, 0.6) is 0 Å². The Morgan fingerprint density at radius 3 is 2.50 bits per heavy atom. The molecule has 1 heterocycles. The van der Waals surface area contributed by atoms with Crippen molar-refractivity contribution in [3.05, 3.63) is 42.1 Å². The Morgan fingerprint density at radius 1 is 1.00 bits per heavy atom. The number of hydrogen-bond donors (Lipinski definition) is 0. The Kier molecular flexibility index (Phi) is 5.55. The number of aromatic nitrogens is 1. The zero-order valence-corrected chi connectivity index (χ0v) is 10.5. The van der Waals surface area contributed by atoms with E-state index < -0.39 is 0 Å². The summed E-state index contributed by atoms with van der Waals surface area (Å²) in [5.41, 5.74) is 2.33. The van der Waals surface area contributed by atoms with Gasteiger partial charge in [0.2, 0.25) is 0 Å². The fourth-order valence-electron chi connectivity index (χ4n) is 1.61. The van der Waals surface area contributed by atoms with Crippen molar-refractivity contribution in [1.29, 1.82) is 0 Å². The van der Waals surface area contributed by atoms with Crippen LogP contribution >= 0.6 is 0 Å². The highest BCUT2D eigenvalue weighted by Gasteiger charge is 1.96. The molecule has 0 fully saturated rings. The van der Waals surface area contributed by atoms with E-state index in [1.54, 1.807) is 0 Å². The van der Waals surface area contributed by atoms with Crippen molar-refractivity contribution in [1.82, 2.24) is 4.98 Å². The van der Waals surface area contributed by atoms with Crippen LogP contribution in [0.4, 0.5) is 0 Å². The molecule has 1 aromatic heterocycles. The first kappa shape index (κ1) is 12.7. The molecule has 2 aromatic rings. The monoisotopic (exact) mass is 215 g/mol. The van der Waals surface area contributed by atoms with Gasteiger partial charge in [0.15, 0.2) is 0 Å². The van der Waals surface area contributed by atoms with Crippen LogP contribution in [0, 0.1) is 0 Å². The number of para-hydroxylation sites is 1. The summed E-state index contributed by atoms with van der Waals surface area (Å²) in [7, 11) is 0. The van der Waals surface area contributed by atoms with E-state index in [1.807, 2.05) is 19.9 Å². The number of pyridine rings is 1. The smallest absolute Gasteiger partial charge is 0.0705 e. The predicted molar refractivity (Wildman–Crippen MR) is 71.7 cm³/mol. The number of hydrogen-bond acceptors (Lipinski definition) is 1. The molecule has 1 aromatic carbocycles. The number of benzene rings is 1. The first-order valence-corrected chi connectivity index (χ1v) is 6.25. The Labute approximate surface area is 98.5 Å². The molecule has 0 spiro atoms. The molecule has 0 radical (unpaired) electrons. The Morgan fingerprint density at radius 2 is 1.75 bits per heavy atom. The second-order valence-corrected chi connectivity index (χ2v) is 3.60. The van der Waals surface area contributed by atoms with Gasteiger partial charge in [-0.1, -0.05) is 51.5 Å². The van der Waals surface area contributed by atoms with E-state index >= 15 is 0 Å². The molecule has 0 unspecified atom stereocenters. The van der Waals surface area contributed by atoms with E-state index in [9.17, 15) is 0 Å².